The zero-order chi connectivity index (χ0) is 10.9. The molecule has 1 heterocycles. The van der Waals surface area contributed by atoms with E-state index < -0.39 is 5.60 Å². The lowest BCUT2D eigenvalue weighted by Crippen LogP contribution is -2.22. The second-order valence-corrected chi connectivity index (χ2v) is 4.80. The number of pyridine rings is 1. The van der Waals surface area contributed by atoms with Crippen molar-refractivity contribution in [1.29, 1.82) is 0 Å². The van der Waals surface area contributed by atoms with Crippen molar-refractivity contribution in [3.8, 4) is 0 Å². The molecule has 2 rings (SSSR count). The minimum atomic E-state index is -0.611. The van der Waals surface area contributed by atoms with Crippen molar-refractivity contribution in [2.24, 2.45) is 5.92 Å². The third-order valence-electron chi connectivity index (χ3n) is 3.58. The van der Waals surface area contributed by atoms with Crippen LogP contribution in [0.25, 0.3) is 0 Å². The number of aliphatic hydroxyl groups is 1. The van der Waals surface area contributed by atoms with Crippen LogP contribution < -0.4 is 0 Å². The summed E-state index contributed by atoms with van der Waals surface area (Å²) in [5, 5.41) is 10.5. The molecule has 15 heavy (non-hydrogen) atoms. The molecule has 0 saturated heterocycles. The molecule has 0 bridgehead atoms. The van der Waals surface area contributed by atoms with E-state index in [2.05, 4.69) is 18.0 Å². The SMILES string of the molecule is CCC1CCC(O)(c2cncc(C)c2)C1. The van der Waals surface area contributed by atoms with Crippen LogP contribution in [0.3, 0.4) is 0 Å². The van der Waals surface area contributed by atoms with Crippen molar-refractivity contribution in [3.63, 3.8) is 0 Å². The third kappa shape index (κ3) is 2.05. The van der Waals surface area contributed by atoms with Gasteiger partial charge in [-0.1, -0.05) is 19.4 Å². The van der Waals surface area contributed by atoms with Gasteiger partial charge in [0.25, 0.3) is 0 Å². The zero-order valence-corrected chi connectivity index (χ0v) is 9.53. The van der Waals surface area contributed by atoms with Crippen LogP contribution in [-0.4, -0.2) is 10.1 Å². The molecule has 82 valence electrons. The van der Waals surface area contributed by atoms with E-state index in [1.165, 1.54) is 6.42 Å². The van der Waals surface area contributed by atoms with E-state index in [1.807, 2.05) is 19.3 Å². The zero-order valence-electron chi connectivity index (χ0n) is 9.53. The topological polar surface area (TPSA) is 33.1 Å². The maximum absolute atomic E-state index is 10.5. The first-order valence-electron chi connectivity index (χ1n) is 5.78. The molecule has 2 atom stereocenters. The monoisotopic (exact) mass is 205 g/mol. The second-order valence-electron chi connectivity index (χ2n) is 4.80. The molecule has 1 aromatic rings. The van der Waals surface area contributed by atoms with Gasteiger partial charge in [-0.2, -0.15) is 0 Å². The summed E-state index contributed by atoms with van der Waals surface area (Å²) in [4.78, 5) is 4.16. The maximum atomic E-state index is 10.5. The third-order valence-corrected chi connectivity index (χ3v) is 3.58. The van der Waals surface area contributed by atoms with Crippen molar-refractivity contribution >= 4 is 0 Å². The van der Waals surface area contributed by atoms with Crippen LogP contribution in [0.5, 0.6) is 0 Å². The lowest BCUT2D eigenvalue weighted by Gasteiger charge is -2.23. The summed E-state index contributed by atoms with van der Waals surface area (Å²) in [5.74, 6) is 0.676. The van der Waals surface area contributed by atoms with Crippen LogP contribution in [0.15, 0.2) is 18.5 Å². The van der Waals surface area contributed by atoms with Crippen LogP contribution >= 0.6 is 0 Å². The number of aromatic nitrogens is 1. The molecule has 0 aromatic carbocycles. The Kier molecular flexibility index (Phi) is 2.79. The summed E-state index contributed by atoms with van der Waals surface area (Å²) < 4.78 is 0. The van der Waals surface area contributed by atoms with Gasteiger partial charge in [0.15, 0.2) is 0 Å². The van der Waals surface area contributed by atoms with Gasteiger partial charge in [0.1, 0.15) is 0 Å². The highest BCUT2D eigenvalue weighted by Gasteiger charge is 2.38. The molecule has 2 unspecified atom stereocenters. The van der Waals surface area contributed by atoms with Gasteiger partial charge in [-0.3, -0.25) is 4.98 Å². The van der Waals surface area contributed by atoms with Gasteiger partial charge in [0.05, 0.1) is 5.60 Å². The van der Waals surface area contributed by atoms with E-state index >= 15 is 0 Å². The lowest BCUT2D eigenvalue weighted by molar-refractivity contribution is 0.0394. The smallest absolute Gasteiger partial charge is 0.0914 e. The Morgan fingerprint density at radius 3 is 2.93 bits per heavy atom. The summed E-state index contributed by atoms with van der Waals surface area (Å²) in [5.41, 5.74) is 1.51. The molecule has 0 aliphatic heterocycles. The van der Waals surface area contributed by atoms with Gasteiger partial charge in [0, 0.05) is 18.0 Å². The van der Waals surface area contributed by atoms with E-state index in [1.54, 1.807) is 0 Å². The first-order valence-corrected chi connectivity index (χ1v) is 5.78. The molecule has 2 heteroatoms. The van der Waals surface area contributed by atoms with Gasteiger partial charge < -0.3 is 5.11 Å². The fourth-order valence-electron chi connectivity index (χ4n) is 2.54. The summed E-state index contributed by atoms with van der Waals surface area (Å²) in [6.45, 7) is 4.22. The molecule has 1 aliphatic rings. The normalized spacial score (nSPS) is 30.7. The summed E-state index contributed by atoms with van der Waals surface area (Å²) >= 11 is 0. The Hall–Kier alpha value is -0.890. The van der Waals surface area contributed by atoms with Gasteiger partial charge in [-0.25, -0.2) is 0 Å². The van der Waals surface area contributed by atoms with E-state index in [-0.39, 0.29) is 0 Å². The highest BCUT2D eigenvalue weighted by molar-refractivity contribution is 5.24. The minimum Gasteiger partial charge on any atom is -0.385 e. The van der Waals surface area contributed by atoms with E-state index in [0.717, 1.165) is 30.4 Å². The summed E-state index contributed by atoms with van der Waals surface area (Å²) in [6, 6.07) is 2.06. The van der Waals surface area contributed by atoms with E-state index in [9.17, 15) is 5.11 Å². The molecule has 0 spiro atoms. The van der Waals surface area contributed by atoms with Crippen LogP contribution in [0.2, 0.25) is 0 Å². The Morgan fingerprint density at radius 1 is 1.53 bits per heavy atom. The standard InChI is InChI=1S/C13H19NO/c1-3-11-4-5-13(15,7-11)12-6-10(2)8-14-9-12/h6,8-9,11,15H,3-5,7H2,1-2H3. The van der Waals surface area contributed by atoms with Gasteiger partial charge in [-0.05, 0) is 37.7 Å². The van der Waals surface area contributed by atoms with Crippen LogP contribution in [0, 0.1) is 12.8 Å². The number of hydrogen-bond acceptors (Lipinski definition) is 2. The molecule has 1 aromatic heterocycles. The number of nitrogens with zero attached hydrogens (tertiary/aromatic N) is 1. The highest BCUT2D eigenvalue weighted by atomic mass is 16.3. The molecule has 0 radical (unpaired) electrons. The minimum absolute atomic E-state index is 0.611. The predicted molar refractivity (Wildman–Crippen MR) is 60.5 cm³/mol. The van der Waals surface area contributed by atoms with Crippen molar-refractivity contribution in [1.82, 2.24) is 4.98 Å². The summed E-state index contributed by atoms with van der Waals surface area (Å²) in [7, 11) is 0. The average molecular weight is 205 g/mol. The molecular formula is C13H19NO. The first kappa shape index (κ1) is 10.6. The molecule has 2 nitrogen and oxygen atoms in total. The van der Waals surface area contributed by atoms with Crippen molar-refractivity contribution < 1.29 is 5.11 Å². The highest BCUT2D eigenvalue weighted by Crippen LogP contribution is 2.43. The largest absolute Gasteiger partial charge is 0.385 e. The van der Waals surface area contributed by atoms with Crippen LogP contribution in [-0.2, 0) is 5.60 Å². The Morgan fingerprint density at radius 2 is 2.33 bits per heavy atom. The molecule has 1 saturated carbocycles. The predicted octanol–water partition coefficient (Wildman–Crippen LogP) is 2.79. The van der Waals surface area contributed by atoms with Crippen molar-refractivity contribution in [3.05, 3.63) is 29.6 Å². The first-order chi connectivity index (χ1) is 7.14. The Labute approximate surface area is 91.4 Å². The second kappa shape index (κ2) is 3.93. The fraction of sp³-hybridized carbons (Fsp3) is 0.615. The van der Waals surface area contributed by atoms with Crippen LogP contribution in [0.1, 0.15) is 43.7 Å². The van der Waals surface area contributed by atoms with Gasteiger partial charge >= 0.3 is 0 Å². The number of hydrogen-bond donors (Lipinski definition) is 1. The molecule has 1 N–H and O–H groups in total. The van der Waals surface area contributed by atoms with E-state index in [4.69, 9.17) is 0 Å². The van der Waals surface area contributed by atoms with Crippen molar-refractivity contribution in [2.75, 3.05) is 0 Å². The van der Waals surface area contributed by atoms with Gasteiger partial charge in [-0.15, -0.1) is 0 Å². The Balaban J connectivity index is 2.23. The number of rotatable bonds is 2. The fourth-order valence-corrected chi connectivity index (χ4v) is 2.54. The quantitative estimate of drug-likeness (QED) is 0.805. The summed E-state index contributed by atoms with van der Waals surface area (Å²) in [6.07, 6.45) is 7.73. The van der Waals surface area contributed by atoms with Crippen molar-refractivity contribution in [2.45, 2.75) is 45.1 Å². The van der Waals surface area contributed by atoms with E-state index in [0.29, 0.717) is 5.92 Å². The van der Waals surface area contributed by atoms with Crippen LogP contribution in [0.4, 0.5) is 0 Å². The lowest BCUT2D eigenvalue weighted by atomic mass is 9.91. The average Bonchev–Trinajstić information content (AvgIpc) is 2.62. The number of aryl methyl sites for hydroxylation is 1. The van der Waals surface area contributed by atoms with Gasteiger partial charge in [0.2, 0.25) is 0 Å². The molecular weight excluding hydrogens is 186 g/mol. The molecule has 1 fully saturated rings. The molecule has 1 aliphatic carbocycles. The Bertz CT molecular complexity index is 350. The molecule has 0 amide bonds. The maximum Gasteiger partial charge on any atom is 0.0914 e.